The van der Waals surface area contributed by atoms with Crippen LogP contribution in [0.5, 0.6) is 0 Å². The highest BCUT2D eigenvalue weighted by atomic mass is 35.5. The molecule has 0 amide bonds. The molecule has 11 heteroatoms. The van der Waals surface area contributed by atoms with Crippen molar-refractivity contribution in [3.8, 4) is 5.69 Å². The molecule has 0 unspecified atom stereocenters. The quantitative estimate of drug-likeness (QED) is 0.861. The van der Waals surface area contributed by atoms with E-state index < -0.39 is 17.7 Å². The molecule has 1 aliphatic rings. The molecule has 1 aromatic heterocycles. The van der Waals surface area contributed by atoms with Gasteiger partial charge in [-0.2, -0.15) is 17.9 Å². The van der Waals surface area contributed by atoms with Crippen molar-refractivity contribution < 1.29 is 23.1 Å². The first-order valence-corrected chi connectivity index (χ1v) is 7.74. The zero-order chi connectivity index (χ0) is 18.0. The van der Waals surface area contributed by atoms with Crippen molar-refractivity contribution in [1.82, 2.24) is 25.1 Å². The molecule has 2 aromatic rings. The minimum absolute atomic E-state index is 0. The number of aromatic nitrogens is 4. The normalized spacial score (nSPS) is 16.3. The van der Waals surface area contributed by atoms with Crippen molar-refractivity contribution in [2.45, 2.75) is 25.6 Å². The summed E-state index contributed by atoms with van der Waals surface area (Å²) in [5, 5.41) is 20.4. The Balaban J connectivity index is 0.00000243. The van der Waals surface area contributed by atoms with Crippen LogP contribution >= 0.6 is 12.4 Å². The van der Waals surface area contributed by atoms with E-state index in [1.54, 1.807) is 0 Å². The molecule has 0 bridgehead atoms. The Morgan fingerprint density at radius 2 is 1.81 bits per heavy atom. The molecule has 1 saturated heterocycles. The molecule has 2 heterocycles. The SMILES string of the molecule is Cl.O=C(O)C1CCN(Cc2nnnn2-c2ccc(C(F)(F)F)cc2)CC1. The van der Waals surface area contributed by atoms with Crippen LogP contribution in [0.25, 0.3) is 5.69 Å². The largest absolute Gasteiger partial charge is 0.481 e. The van der Waals surface area contributed by atoms with Crippen molar-refractivity contribution in [3.05, 3.63) is 35.7 Å². The van der Waals surface area contributed by atoms with Gasteiger partial charge in [0.1, 0.15) is 0 Å². The Bertz CT molecular complexity index is 742. The number of aliphatic carboxylic acids is 1. The van der Waals surface area contributed by atoms with Gasteiger partial charge < -0.3 is 5.11 Å². The number of carboxylic acid groups (broad SMARTS) is 1. The Labute approximate surface area is 153 Å². The monoisotopic (exact) mass is 391 g/mol. The maximum Gasteiger partial charge on any atom is 0.416 e. The average molecular weight is 392 g/mol. The summed E-state index contributed by atoms with van der Waals surface area (Å²) in [7, 11) is 0. The van der Waals surface area contributed by atoms with Crippen LogP contribution in [0.4, 0.5) is 13.2 Å². The number of piperidine rings is 1. The summed E-state index contributed by atoms with van der Waals surface area (Å²) in [6, 6.07) is 4.61. The number of carboxylic acids is 1. The molecule has 142 valence electrons. The lowest BCUT2D eigenvalue weighted by Crippen LogP contribution is -2.36. The van der Waals surface area contributed by atoms with Crippen molar-refractivity contribution in [2.75, 3.05) is 13.1 Å². The van der Waals surface area contributed by atoms with E-state index in [0.29, 0.717) is 44.0 Å². The third-order valence-electron chi connectivity index (χ3n) is 4.28. The van der Waals surface area contributed by atoms with Crippen LogP contribution in [0.2, 0.25) is 0 Å². The second-order valence-corrected chi connectivity index (χ2v) is 5.94. The van der Waals surface area contributed by atoms with E-state index in [2.05, 4.69) is 15.5 Å². The number of halogens is 4. The fourth-order valence-corrected chi connectivity index (χ4v) is 2.83. The maximum atomic E-state index is 12.6. The number of hydrogen-bond acceptors (Lipinski definition) is 5. The lowest BCUT2D eigenvalue weighted by Gasteiger charge is -2.29. The molecular weight excluding hydrogens is 375 g/mol. The lowest BCUT2D eigenvalue weighted by molar-refractivity contribution is -0.143. The predicted octanol–water partition coefficient (Wildman–Crippen LogP) is 2.40. The van der Waals surface area contributed by atoms with Gasteiger partial charge >= 0.3 is 12.1 Å². The Kier molecular flexibility index (Phi) is 6.19. The minimum Gasteiger partial charge on any atom is -0.481 e. The third kappa shape index (κ3) is 4.50. The van der Waals surface area contributed by atoms with E-state index in [9.17, 15) is 18.0 Å². The molecule has 0 spiro atoms. The lowest BCUT2D eigenvalue weighted by atomic mass is 9.97. The zero-order valence-corrected chi connectivity index (χ0v) is 14.4. The molecule has 26 heavy (non-hydrogen) atoms. The van der Waals surface area contributed by atoms with Gasteiger partial charge in [0.2, 0.25) is 0 Å². The first-order valence-electron chi connectivity index (χ1n) is 7.74. The van der Waals surface area contributed by atoms with Gasteiger partial charge in [0.15, 0.2) is 5.82 Å². The minimum atomic E-state index is -4.39. The van der Waals surface area contributed by atoms with Crippen LogP contribution < -0.4 is 0 Å². The molecule has 1 fully saturated rings. The third-order valence-corrected chi connectivity index (χ3v) is 4.28. The van der Waals surface area contributed by atoms with Gasteiger partial charge in [-0.15, -0.1) is 17.5 Å². The highest BCUT2D eigenvalue weighted by Crippen LogP contribution is 2.29. The standard InChI is InChI=1S/C15H16F3N5O2.ClH/c16-15(17,18)11-1-3-12(4-2-11)23-13(19-20-21-23)9-22-7-5-10(6-8-22)14(24)25;/h1-4,10H,5-9H2,(H,24,25);1H. The van der Waals surface area contributed by atoms with Gasteiger partial charge in [0.25, 0.3) is 0 Å². The average Bonchev–Trinajstić information content (AvgIpc) is 3.03. The van der Waals surface area contributed by atoms with Crippen LogP contribution in [0.1, 0.15) is 24.2 Å². The first kappa shape index (κ1) is 20.1. The molecule has 0 saturated carbocycles. The second kappa shape index (κ2) is 8.00. The summed E-state index contributed by atoms with van der Waals surface area (Å²) in [6.07, 6.45) is -3.29. The molecular formula is C15H17ClF3N5O2. The first-order chi connectivity index (χ1) is 11.8. The number of likely N-dealkylation sites (tertiary alicyclic amines) is 1. The Morgan fingerprint density at radius 3 is 2.35 bits per heavy atom. The van der Waals surface area contributed by atoms with Crippen LogP contribution in [0, 0.1) is 5.92 Å². The summed E-state index contributed by atoms with van der Waals surface area (Å²) < 4.78 is 39.3. The summed E-state index contributed by atoms with van der Waals surface area (Å²) in [6.45, 7) is 1.62. The van der Waals surface area contributed by atoms with E-state index in [4.69, 9.17) is 5.11 Å². The van der Waals surface area contributed by atoms with E-state index in [1.165, 1.54) is 16.8 Å². The second-order valence-electron chi connectivity index (χ2n) is 5.94. The van der Waals surface area contributed by atoms with E-state index in [-0.39, 0.29) is 18.3 Å². The molecule has 1 aromatic carbocycles. The Morgan fingerprint density at radius 1 is 1.19 bits per heavy atom. The van der Waals surface area contributed by atoms with E-state index in [0.717, 1.165) is 12.1 Å². The van der Waals surface area contributed by atoms with Crippen molar-refractivity contribution in [1.29, 1.82) is 0 Å². The predicted molar refractivity (Wildman–Crippen MR) is 87.0 cm³/mol. The number of nitrogens with zero attached hydrogens (tertiary/aromatic N) is 5. The fourth-order valence-electron chi connectivity index (χ4n) is 2.83. The highest BCUT2D eigenvalue weighted by molar-refractivity contribution is 5.85. The summed E-state index contributed by atoms with van der Waals surface area (Å²) in [4.78, 5) is 13.0. The van der Waals surface area contributed by atoms with E-state index >= 15 is 0 Å². The van der Waals surface area contributed by atoms with Crippen molar-refractivity contribution in [2.24, 2.45) is 5.92 Å². The van der Waals surface area contributed by atoms with Gasteiger partial charge in [0.05, 0.1) is 23.7 Å². The van der Waals surface area contributed by atoms with E-state index in [1.807, 2.05) is 4.90 Å². The number of hydrogen-bond donors (Lipinski definition) is 1. The number of rotatable bonds is 4. The van der Waals surface area contributed by atoms with Gasteiger partial charge in [-0.25, -0.2) is 0 Å². The maximum absolute atomic E-state index is 12.6. The van der Waals surface area contributed by atoms with Gasteiger partial charge in [0, 0.05) is 0 Å². The fraction of sp³-hybridized carbons (Fsp3) is 0.467. The van der Waals surface area contributed by atoms with Crippen molar-refractivity contribution >= 4 is 18.4 Å². The van der Waals surface area contributed by atoms with Crippen LogP contribution in [-0.2, 0) is 17.5 Å². The smallest absolute Gasteiger partial charge is 0.416 e. The number of alkyl halides is 3. The van der Waals surface area contributed by atoms with Crippen LogP contribution in [0.15, 0.2) is 24.3 Å². The summed E-state index contributed by atoms with van der Waals surface area (Å²) in [5.74, 6) is -0.620. The molecule has 0 atom stereocenters. The molecule has 0 radical (unpaired) electrons. The number of carbonyl (C=O) groups is 1. The Hall–Kier alpha value is -2.20. The van der Waals surface area contributed by atoms with Crippen molar-refractivity contribution in [3.63, 3.8) is 0 Å². The molecule has 1 aliphatic heterocycles. The number of benzene rings is 1. The van der Waals surface area contributed by atoms with Gasteiger partial charge in [-0.1, -0.05) is 0 Å². The number of tetrazole rings is 1. The van der Waals surface area contributed by atoms with Gasteiger partial charge in [-0.3, -0.25) is 9.69 Å². The molecule has 7 nitrogen and oxygen atoms in total. The molecule has 0 aliphatic carbocycles. The van der Waals surface area contributed by atoms with Crippen LogP contribution in [-0.4, -0.2) is 49.3 Å². The topological polar surface area (TPSA) is 84.1 Å². The van der Waals surface area contributed by atoms with Crippen LogP contribution in [0.3, 0.4) is 0 Å². The summed E-state index contributed by atoms with van der Waals surface area (Å²) >= 11 is 0. The molecule has 1 N–H and O–H groups in total. The zero-order valence-electron chi connectivity index (χ0n) is 13.6. The van der Waals surface area contributed by atoms with Gasteiger partial charge in [-0.05, 0) is 60.6 Å². The summed E-state index contributed by atoms with van der Waals surface area (Å²) in [5.41, 5.74) is -0.296. The highest BCUT2D eigenvalue weighted by Gasteiger charge is 2.30. The molecule has 3 rings (SSSR count).